The highest BCUT2D eigenvalue weighted by atomic mass is 16.4. The maximum absolute atomic E-state index is 12.2. The van der Waals surface area contributed by atoms with Crippen LogP contribution in [0.2, 0.25) is 0 Å². The van der Waals surface area contributed by atoms with E-state index in [1.54, 1.807) is 0 Å². The number of carboxylic acids is 1. The molecule has 0 bridgehead atoms. The van der Waals surface area contributed by atoms with Crippen molar-refractivity contribution in [2.24, 2.45) is 11.3 Å². The first-order chi connectivity index (χ1) is 10.1. The van der Waals surface area contributed by atoms with Gasteiger partial charge >= 0.3 is 5.97 Å². The number of carbonyl (C=O) groups excluding carboxylic acids is 1. The van der Waals surface area contributed by atoms with Crippen molar-refractivity contribution in [3.05, 3.63) is 0 Å². The molecule has 0 aliphatic heterocycles. The van der Waals surface area contributed by atoms with Crippen molar-refractivity contribution in [2.75, 3.05) is 6.54 Å². The molecular formula is C17H29NO3. The molecule has 0 aromatic rings. The smallest absolute Gasteiger partial charge is 0.303 e. The molecule has 2 N–H and O–H groups in total. The topological polar surface area (TPSA) is 66.4 Å². The van der Waals surface area contributed by atoms with Gasteiger partial charge in [0.2, 0.25) is 5.91 Å². The van der Waals surface area contributed by atoms with Crippen molar-refractivity contribution in [1.82, 2.24) is 5.32 Å². The van der Waals surface area contributed by atoms with Crippen LogP contribution in [0.5, 0.6) is 0 Å². The van der Waals surface area contributed by atoms with Crippen LogP contribution in [0, 0.1) is 11.3 Å². The van der Waals surface area contributed by atoms with E-state index >= 15 is 0 Å². The van der Waals surface area contributed by atoms with Gasteiger partial charge in [0, 0.05) is 13.0 Å². The van der Waals surface area contributed by atoms with Crippen molar-refractivity contribution in [1.29, 1.82) is 0 Å². The molecule has 0 unspecified atom stereocenters. The first kappa shape index (κ1) is 16.3. The van der Waals surface area contributed by atoms with E-state index in [2.05, 4.69) is 5.32 Å². The van der Waals surface area contributed by atoms with E-state index in [0.717, 1.165) is 44.6 Å². The van der Waals surface area contributed by atoms with Crippen LogP contribution in [0.3, 0.4) is 0 Å². The normalized spacial score (nSPS) is 22.1. The van der Waals surface area contributed by atoms with Crippen LogP contribution in [0.25, 0.3) is 0 Å². The molecular weight excluding hydrogens is 266 g/mol. The van der Waals surface area contributed by atoms with Gasteiger partial charge in [-0.05, 0) is 30.6 Å². The van der Waals surface area contributed by atoms with Crippen LogP contribution in [0.15, 0.2) is 0 Å². The van der Waals surface area contributed by atoms with Gasteiger partial charge in [0.15, 0.2) is 0 Å². The minimum absolute atomic E-state index is 0.0520. The summed E-state index contributed by atoms with van der Waals surface area (Å²) in [7, 11) is 0. The fourth-order valence-corrected chi connectivity index (χ4v) is 4.16. The second kappa shape index (κ2) is 7.81. The highest BCUT2D eigenvalue weighted by molar-refractivity contribution is 5.78. The third-order valence-electron chi connectivity index (χ3n) is 5.33. The Hall–Kier alpha value is -1.06. The molecule has 0 atom stereocenters. The lowest BCUT2D eigenvalue weighted by Crippen LogP contribution is -2.35. The Balaban J connectivity index is 1.75. The van der Waals surface area contributed by atoms with Crippen LogP contribution in [-0.2, 0) is 9.59 Å². The van der Waals surface area contributed by atoms with Gasteiger partial charge in [-0.2, -0.15) is 0 Å². The fraction of sp³-hybridized carbons (Fsp3) is 0.882. The summed E-state index contributed by atoms with van der Waals surface area (Å²) in [5.41, 5.74) is -0.290. The number of hydrogen-bond acceptors (Lipinski definition) is 2. The number of aliphatic carboxylic acids is 1. The first-order valence-electron chi connectivity index (χ1n) is 8.58. The molecule has 0 aromatic carbocycles. The maximum Gasteiger partial charge on any atom is 0.303 e. The summed E-state index contributed by atoms with van der Waals surface area (Å²) in [5, 5.41) is 12.2. The third-order valence-corrected chi connectivity index (χ3v) is 5.33. The average molecular weight is 295 g/mol. The Morgan fingerprint density at radius 1 is 1.00 bits per heavy atom. The Labute approximate surface area is 127 Å². The highest BCUT2D eigenvalue weighted by Crippen LogP contribution is 2.42. The van der Waals surface area contributed by atoms with Crippen LogP contribution in [0.4, 0.5) is 0 Å². The maximum atomic E-state index is 12.2. The summed E-state index contributed by atoms with van der Waals surface area (Å²) in [6.07, 6.45) is 11.9. The zero-order valence-corrected chi connectivity index (χ0v) is 13.0. The van der Waals surface area contributed by atoms with Gasteiger partial charge in [-0.25, -0.2) is 0 Å². The second-order valence-electron chi connectivity index (χ2n) is 7.10. The van der Waals surface area contributed by atoms with Crippen LogP contribution >= 0.6 is 0 Å². The summed E-state index contributed by atoms with van der Waals surface area (Å²) in [6.45, 7) is 0.757. The lowest BCUT2D eigenvalue weighted by atomic mass is 9.69. The van der Waals surface area contributed by atoms with E-state index in [0.29, 0.717) is 6.42 Å². The van der Waals surface area contributed by atoms with E-state index in [9.17, 15) is 9.59 Å². The van der Waals surface area contributed by atoms with Crippen molar-refractivity contribution >= 4 is 11.9 Å². The van der Waals surface area contributed by atoms with Gasteiger partial charge in [0.05, 0.1) is 6.42 Å². The quantitative estimate of drug-likeness (QED) is 0.755. The predicted molar refractivity (Wildman–Crippen MR) is 82.0 cm³/mol. The molecule has 2 aliphatic rings. The van der Waals surface area contributed by atoms with Gasteiger partial charge in [-0.3, -0.25) is 9.59 Å². The predicted octanol–water partition coefficient (Wildman–Crippen LogP) is 3.50. The van der Waals surface area contributed by atoms with Crippen molar-refractivity contribution < 1.29 is 14.7 Å². The van der Waals surface area contributed by atoms with E-state index < -0.39 is 5.97 Å². The standard InChI is InChI=1S/C17H29NO3/c19-15(18-11-8-14-6-2-3-7-14)12-17(13-16(20)21)9-4-1-5-10-17/h14H,1-13H2,(H,18,19)(H,20,21). The molecule has 0 radical (unpaired) electrons. The van der Waals surface area contributed by atoms with E-state index in [1.807, 2.05) is 0 Å². The molecule has 0 saturated heterocycles. The lowest BCUT2D eigenvalue weighted by Gasteiger charge is -2.35. The average Bonchev–Trinajstić information content (AvgIpc) is 2.91. The SMILES string of the molecule is O=C(O)CC1(CC(=O)NCCC2CCCC2)CCCCC1. The Kier molecular flexibility index (Phi) is 6.07. The molecule has 0 spiro atoms. The van der Waals surface area contributed by atoms with Gasteiger partial charge in [0.1, 0.15) is 0 Å². The zero-order chi connectivity index (χ0) is 15.1. The second-order valence-corrected chi connectivity index (χ2v) is 7.10. The molecule has 4 heteroatoms. The fourth-order valence-electron chi connectivity index (χ4n) is 4.16. The summed E-state index contributed by atoms with van der Waals surface area (Å²) < 4.78 is 0. The minimum atomic E-state index is -0.768. The number of hydrogen-bond donors (Lipinski definition) is 2. The molecule has 4 nitrogen and oxygen atoms in total. The molecule has 21 heavy (non-hydrogen) atoms. The lowest BCUT2D eigenvalue weighted by molar-refractivity contribution is -0.141. The van der Waals surface area contributed by atoms with Gasteiger partial charge < -0.3 is 10.4 Å². The molecule has 0 heterocycles. The highest BCUT2D eigenvalue weighted by Gasteiger charge is 2.36. The number of amides is 1. The molecule has 120 valence electrons. The van der Waals surface area contributed by atoms with Crippen molar-refractivity contribution in [2.45, 2.75) is 77.0 Å². The number of rotatable bonds is 7. The molecule has 0 aromatic heterocycles. The Morgan fingerprint density at radius 2 is 1.67 bits per heavy atom. The van der Waals surface area contributed by atoms with Crippen LogP contribution in [-0.4, -0.2) is 23.5 Å². The monoisotopic (exact) mass is 295 g/mol. The summed E-state index contributed by atoms with van der Waals surface area (Å²) >= 11 is 0. The Bertz CT molecular complexity index is 355. The van der Waals surface area contributed by atoms with Crippen LogP contribution < -0.4 is 5.32 Å². The van der Waals surface area contributed by atoms with E-state index in [4.69, 9.17) is 5.11 Å². The van der Waals surface area contributed by atoms with Gasteiger partial charge in [-0.1, -0.05) is 44.9 Å². The summed E-state index contributed by atoms with van der Waals surface area (Å²) in [6, 6.07) is 0. The molecule has 2 saturated carbocycles. The Morgan fingerprint density at radius 3 is 2.29 bits per heavy atom. The first-order valence-corrected chi connectivity index (χ1v) is 8.58. The van der Waals surface area contributed by atoms with Crippen LogP contribution in [0.1, 0.15) is 77.0 Å². The summed E-state index contributed by atoms with van der Waals surface area (Å²) in [5.74, 6) is 0.0692. The van der Waals surface area contributed by atoms with Crippen molar-refractivity contribution in [3.63, 3.8) is 0 Å². The number of nitrogens with one attached hydrogen (secondary N) is 1. The number of carbonyl (C=O) groups is 2. The molecule has 1 amide bonds. The zero-order valence-electron chi connectivity index (χ0n) is 13.0. The molecule has 2 fully saturated rings. The molecule has 2 aliphatic carbocycles. The largest absolute Gasteiger partial charge is 0.481 e. The molecule has 2 rings (SSSR count). The van der Waals surface area contributed by atoms with E-state index in [1.165, 1.54) is 32.1 Å². The van der Waals surface area contributed by atoms with E-state index in [-0.39, 0.29) is 17.7 Å². The van der Waals surface area contributed by atoms with Gasteiger partial charge in [-0.15, -0.1) is 0 Å². The number of carboxylic acid groups (broad SMARTS) is 1. The summed E-state index contributed by atoms with van der Waals surface area (Å²) in [4.78, 5) is 23.3. The van der Waals surface area contributed by atoms with Crippen molar-refractivity contribution in [3.8, 4) is 0 Å². The van der Waals surface area contributed by atoms with Gasteiger partial charge in [0.25, 0.3) is 0 Å². The minimum Gasteiger partial charge on any atom is -0.481 e. The third kappa shape index (κ3) is 5.33.